The first-order valence-electron chi connectivity index (χ1n) is 5.05. The standard InChI is InChI=1S/C11H13BrN2O2/c1-13-10-6-8(12)2-3-9(10)14(4-5-15)7-11(13)16/h2-3,6,15H,4-5,7H2,1H3. The van der Waals surface area contributed by atoms with Gasteiger partial charge in [0.1, 0.15) is 0 Å². The summed E-state index contributed by atoms with van der Waals surface area (Å²) in [4.78, 5) is 15.3. The SMILES string of the molecule is CN1C(=O)CN(CCO)c2ccc(Br)cc21. The van der Waals surface area contributed by atoms with E-state index >= 15 is 0 Å². The number of aliphatic hydroxyl groups is 1. The molecule has 1 amide bonds. The highest BCUT2D eigenvalue weighted by atomic mass is 79.9. The Hall–Kier alpha value is -1.07. The van der Waals surface area contributed by atoms with Gasteiger partial charge in [-0.3, -0.25) is 4.79 Å². The molecule has 1 aromatic rings. The van der Waals surface area contributed by atoms with Crippen molar-refractivity contribution in [1.29, 1.82) is 0 Å². The fourth-order valence-electron chi connectivity index (χ4n) is 1.84. The van der Waals surface area contributed by atoms with Gasteiger partial charge in [0.25, 0.3) is 0 Å². The Balaban J connectivity index is 2.45. The Morgan fingerprint density at radius 1 is 1.44 bits per heavy atom. The number of aliphatic hydroxyl groups excluding tert-OH is 1. The van der Waals surface area contributed by atoms with Gasteiger partial charge < -0.3 is 14.9 Å². The van der Waals surface area contributed by atoms with Gasteiger partial charge in [0.15, 0.2) is 0 Å². The molecule has 0 saturated heterocycles. The monoisotopic (exact) mass is 284 g/mol. The Morgan fingerprint density at radius 3 is 2.88 bits per heavy atom. The first-order chi connectivity index (χ1) is 7.63. The van der Waals surface area contributed by atoms with Crippen LogP contribution in [0, 0.1) is 0 Å². The molecule has 2 rings (SSSR count). The summed E-state index contributed by atoms with van der Waals surface area (Å²) in [5.74, 6) is 0.0408. The molecule has 0 saturated carbocycles. The van der Waals surface area contributed by atoms with Crippen LogP contribution in [0.3, 0.4) is 0 Å². The lowest BCUT2D eigenvalue weighted by Gasteiger charge is -2.35. The summed E-state index contributed by atoms with van der Waals surface area (Å²) in [6.07, 6.45) is 0. The van der Waals surface area contributed by atoms with Crippen molar-refractivity contribution in [2.24, 2.45) is 0 Å². The van der Waals surface area contributed by atoms with Crippen molar-refractivity contribution in [3.8, 4) is 0 Å². The van der Waals surface area contributed by atoms with Crippen LogP contribution in [0.25, 0.3) is 0 Å². The van der Waals surface area contributed by atoms with Crippen molar-refractivity contribution in [2.75, 3.05) is 36.5 Å². The molecule has 0 aromatic heterocycles. The number of nitrogens with zero attached hydrogens (tertiary/aromatic N) is 2. The van der Waals surface area contributed by atoms with Gasteiger partial charge in [-0.1, -0.05) is 15.9 Å². The summed E-state index contributed by atoms with van der Waals surface area (Å²) in [6, 6.07) is 5.81. The quantitative estimate of drug-likeness (QED) is 0.888. The summed E-state index contributed by atoms with van der Waals surface area (Å²) in [6.45, 7) is 0.854. The van der Waals surface area contributed by atoms with Crippen LogP contribution in [0.5, 0.6) is 0 Å². The van der Waals surface area contributed by atoms with Gasteiger partial charge in [-0.25, -0.2) is 0 Å². The number of likely N-dealkylation sites (N-methyl/N-ethyl adjacent to an activating group) is 1. The number of anilines is 2. The third-order valence-corrected chi connectivity index (χ3v) is 3.20. The van der Waals surface area contributed by atoms with Crippen LogP contribution in [0.1, 0.15) is 0 Å². The molecule has 86 valence electrons. The molecule has 5 heteroatoms. The second-order valence-electron chi connectivity index (χ2n) is 3.73. The highest BCUT2D eigenvalue weighted by Crippen LogP contribution is 2.34. The minimum absolute atomic E-state index is 0.0408. The normalized spacial score (nSPS) is 15.3. The van der Waals surface area contributed by atoms with E-state index in [2.05, 4.69) is 15.9 Å². The summed E-state index contributed by atoms with van der Waals surface area (Å²) in [5.41, 5.74) is 1.86. The van der Waals surface area contributed by atoms with E-state index < -0.39 is 0 Å². The maximum absolute atomic E-state index is 11.7. The Morgan fingerprint density at radius 2 is 2.19 bits per heavy atom. The minimum Gasteiger partial charge on any atom is -0.395 e. The first kappa shape index (κ1) is 11.4. The van der Waals surface area contributed by atoms with Crippen LogP contribution < -0.4 is 9.80 Å². The molecule has 0 radical (unpaired) electrons. The van der Waals surface area contributed by atoms with Gasteiger partial charge in [-0.2, -0.15) is 0 Å². The number of β-amino-alcohol motifs (C(OH)–C–C–N with tert-alkyl or cyclic N) is 1. The molecule has 0 fully saturated rings. The second kappa shape index (κ2) is 4.43. The van der Waals surface area contributed by atoms with Crippen LogP contribution in [-0.2, 0) is 4.79 Å². The number of carbonyl (C=O) groups is 1. The van der Waals surface area contributed by atoms with Crippen LogP contribution in [0.2, 0.25) is 0 Å². The van der Waals surface area contributed by atoms with E-state index in [1.54, 1.807) is 11.9 Å². The number of hydrogen-bond donors (Lipinski definition) is 1. The number of amides is 1. The average Bonchev–Trinajstić information content (AvgIpc) is 2.26. The van der Waals surface area contributed by atoms with Crippen molar-refractivity contribution in [3.05, 3.63) is 22.7 Å². The van der Waals surface area contributed by atoms with E-state index in [0.29, 0.717) is 13.1 Å². The fraction of sp³-hybridized carbons (Fsp3) is 0.364. The lowest BCUT2D eigenvalue weighted by molar-refractivity contribution is -0.117. The van der Waals surface area contributed by atoms with Crippen LogP contribution in [-0.4, -0.2) is 37.8 Å². The fourth-order valence-corrected chi connectivity index (χ4v) is 2.19. The summed E-state index contributed by atoms with van der Waals surface area (Å²) >= 11 is 3.39. The Kier molecular flexibility index (Phi) is 3.16. The zero-order valence-electron chi connectivity index (χ0n) is 8.98. The Bertz CT molecular complexity index is 422. The topological polar surface area (TPSA) is 43.8 Å². The van der Waals surface area contributed by atoms with Crippen molar-refractivity contribution in [1.82, 2.24) is 0 Å². The molecule has 0 unspecified atom stereocenters. The predicted octanol–water partition coefficient (Wildman–Crippen LogP) is 1.22. The molecule has 4 nitrogen and oxygen atoms in total. The molecule has 0 aliphatic carbocycles. The second-order valence-corrected chi connectivity index (χ2v) is 4.65. The van der Waals surface area contributed by atoms with Crippen LogP contribution in [0.15, 0.2) is 22.7 Å². The molecule has 1 aliphatic rings. The van der Waals surface area contributed by atoms with E-state index in [0.717, 1.165) is 15.8 Å². The maximum Gasteiger partial charge on any atom is 0.246 e. The molecule has 1 aromatic carbocycles. The van der Waals surface area contributed by atoms with E-state index in [4.69, 9.17) is 5.11 Å². The van der Waals surface area contributed by atoms with E-state index in [-0.39, 0.29) is 12.5 Å². The smallest absolute Gasteiger partial charge is 0.246 e. The molecule has 1 aliphatic heterocycles. The largest absolute Gasteiger partial charge is 0.395 e. The average molecular weight is 285 g/mol. The van der Waals surface area contributed by atoms with Gasteiger partial charge in [0.05, 0.1) is 24.5 Å². The summed E-state index contributed by atoms with van der Waals surface area (Å²) in [5, 5.41) is 8.98. The third kappa shape index (κ3) is 1.92. The lowest BCUT2D eigenvalue weighted by Crippen LogP contribution is -2.44. The highest BCUT2D eigenvalue weighted by molar-refractivity contribution is 9.10. The predicted molar refractivity (Wildman–Crippen MR) is 66.9 cm³/mol. The van der Waals surface area contributed by atoms with Gasteiger partial charge in [-0.05, 0) is 18.2 Å². The number of carbonyl (C=O) groups excluding carboxylic acids is 1. The van der Waals surface area contributed by atoms with Gasteiger partial charge >= 0.3 is 0 Å². The summed E-state index contributed by atoms with van der Waals surface area (Å²) < 4.78 is 0.941. The van der Waals surface area contributed by atoms with Crippen molar-refractivity contribution in [3.63, 3.8) is 0 Å². The van der Waals surface area contributed by atoms with Crippen molar-refractivity contribution < 1.29 is 9.90 Å². The number of fused-ring (bicyclic) bond motifs is 1. The highest BCUT2D eigenvalue weighted by Gasteiger charge is 2.26. The number of rotatable bonds is 2. The number of hydrogen-bond acceptors (Lipinski definition) is 3. The van der Waals surface area contributed by atoms with E-state index in [9.17, 15) is 4.79 Å². The molecule has 0 spiro atoms. The zero-order valence-corrected chi connectivity index (χ0v) is 10.6. The van der Waals surface area contributed by atoms with Crippen molar-refractivity contribution in [2.45, 2.75) is 0 Å². The minimum atomic E-state index is 0.0408. The molecule has 0 bridgehead atoms. The first-order valence-corrected chi connectivity index (χ1v) is 5.84. The van der Waals surface area contributed by atoms with Crippen LogP contribution >= 0.6 is 15.9 Å². The molecule has 0 atom stereocenters. The summed E-state index contributed by atoms with van der Waals surface area (Å²) in [7, 11) is 1.77. The third-order valence-electron chi connectivity index (χ3n) is 2.71. The van der Waals surface area contributed by atoms with E-state index in [1.165, 1.54) is 0 Å². The number of benzene rings is 1. The number of halogens is 1. The molecule has 1 heterocycles. The van der Waals surface area contributed by atoms with E-state index in [1.807, 2.05) is 23.1 Å². The zero-order chi connectivity index (χ0) is 11.7. The molecule has 16 heavy (non-hydrogen) atoms. The van der Waals surface area contributed by atoms with Crippen molar-refractivity contribution >= 4 is 33.2 Å². The van der Waals surface area contributed by atoms with Gasteiger partial charge in [0.2, 0.25) is 5.91 Å². The van der Waals surface area contributed by atoms with Gasteiger partial charge in [0, 0.05) is 18.1 Å². The van der Waals surface area contributed by atoms with Crippen LogP contribution in [0.4, 0.5) is 11.4 Å². The van der Waals surface area contributed by atoms with Gasteiger partial charge in [-0.15, -0.1) is 0 Å². The Labute approximate surface area is 103 Å². The molecular formula is C11H13BrN2O2. The molecule has 1 N–H and O–H groups in total. The maximum atomic E-state index is 11.7. The molecular weight excluding hydrogens is 272 g/mol. The lowest BCUT2D eigenvalue weighted by atomic mass is 10.1.